The molecule has 2 aromatic rings. The number of pyridine rings is 2. The fraction of sp³-hybridized carbons (Fsp3) is 0.621. The van der Waals surface area contributed by atoms with E-state index < -0.39 is 15.3 Å². The van der Waals surface area contributed by atoms with Gasteiger partial charge in [-0.1, -0.05) is 30.5 Å². The van der Waals surface area contributed by atoms with Crippen LogP contribution in [0.3, 0.4) is 0 Å². The average Bonchev–Trinajstić information content (AvgIpc) is 2.93. The Bertz CT molecular complexity index is 1230. The molecular weight excluding hydrogens is 520 g/mol. The van der Waals surface area contributed by atoms with Gasteiger partial charge >= 0.3 is 0 Å². The van der Waals surface area contributed by atoms with Crippen molar-refractivity contribution in [3.63, 3.8) is 0 Å². The maximum absolute atomic E-state index is 12.2. The van der Waals surface area contributed by atoms with Crippen LogP contribution in [0.15, 0.2) is 30.5 Å². The van der Waals surface area contributed by atoms with Gasteiger partial charge in [-0.15, -0.1) is 0 Å². The molecule has 1 aliphatic heterocycles. The fourth-order valence-corrected chi connectivity index (χ4v) is 6.74. The molecule has 3 heterocycles. The zero-order valence-corrected chi connectivity index (χ0v) is 24.0. The predicted octanol–water partition coefficient (Wildman–Crippen LogP) is 6.09. The van der Waals surface area contributed by atoms with Crippen molar-refractivity contribution >= 4 is 27.3 Å². The van der Waals surface area contributed by atoms with E-state index in [4.69, 9.17) is 21.3 Å². The molecule has 0 radical (unpaired) electrons. The average molecular weight is 559 g/mol. The smallest absolute Gasteiger partial charge is 0.152 e. The minimum Gasteiger partial charge on any atom is -0.381 e. The second kappa shape index (κ2) is 12.8. The molecule has 0 bridgehead atoms. The van der Waals surface area contributed by atoms with Crippen molar-refractivity contribution in [1.29, 1.82) is 5.26 Å². The van der Waals surface area contributed by atoms with Crippen molar-refractivity contribution < 1.29 is 13.2 Å². The number of anilines is 1. The lowest BCUT2D eigenvalue weighted by molar-refractivity contribution is 0.0455. The molecule has 4 rings (SSSR count). The number of halogens is 1. The summed E-state index contributed by atoms with van der Waals surface area (Å²) in [6.07, 6.45) is 9.13. The van der Waals surface area contributed by atoms with E-state index in [-0.39, 0.29) is 5.25 Å². The first-order valence-electron chi connectivity index (χ1n) is 13.8. The third-order valence-electron chi connectivity index (χ3n) is 8.22. The molecule has 1 saturated heterocycles. The van der Waals surface area contributed by atoms with Crippen molar-refractivity contribution in [2.45, 2.75) is 70.5 Å². The first-order valence-corrected chi connectivity index (χ1v) is 15.9. The Morgan fingerprint density at radius 3 is 2.58 bits per heavy atom. The lowest BCUT2D eigenvalue weighted by Gasteiger charge is -2.30. The van der Waals surface area contributed by atoms with E-state index in [0.717, 1.165) is 61.3 Å². The number of nitriles is 1. The van der Waals surface area contributed by atoms with Crippen molar-refractivity contribution in [2.75, 3.05) is 30.8 Å². The zero-order chi connectivity index (χ0) is 27.2. The molecule has 1 saturated carbocycles. The van der Waals surface area contributed by atoms with Crippen molar-refractivity contribution in [3.8, 4) is 17.3 Å². The summed E-state index contributed by atoms with van der Waals surface area (Å²) in [6.45, 7) is 5.28. The topological polar surface area (TPSA) is 105 Å². The summed E-state index contributed by atoms with van der Waals surface area (Å²) in [4.78, 5) is 9.39. The molecule has 0 amide bonds. The Balaban J connectivity index is 1.36. The molecule has 1 N–H and O–H groups in total. The van der Waals surface area contributed by atoms with Gasteiger partial charge in [0.05, 0.1) is 33.2 Å². The van der Waals surface area contributed by atoms with Gasteiger partial charge in [-0.25, -0.2) is 13.4 Å². The van der Waals surface area contributed by atoms with Crippen LogP contribution in [0.25, 0.3) is 11.3 Å². The van der Waals surface area contributed by atoms with Gasteiger partial charge in [-0.2, -0.15) is 5.26 Å². The second-order valence-corrected chi connectivity index (χ2v) is 14.3. The van der Waals surface area contributed by atoms with Crippen molar-refractivity contribution in [3.05, 3.63) is 41.2 Å². The molecule has 1 aliphatic carbocycles. The number of ether oxygens (including phenoxy) is 1. The fourth-order valence-electron chi connectivity index (χ4n) is 5.41. The van der Waals surface area contributed by atoms with Crippen LogP contribution in [-0.4, -0.2) is 49.1 Å². The van der Waals surface area contributed by atoms with Crippen LogP contribution in [0.5, 0.6) is 0 Å². The van der Waals surface area contributed by atoms with Gasteiger partial charge in [0.2, 0.25) is 0 Å². The standard InChI is InChI=1S/C29H39ClN4O3S/c1-21(2)38(35,36)15-10-22-6-8-23(9-7-22)16-24-17-25(26(30)18-32-24)27-4-3-5-28(34-27)33-20-29(19-31)11-13-37-14-12-29/h3-5,17-18,21-23H,6-16,20H2,1-2H3,(H,33,34). The van der Waals surface area contributed by atoms with E-state index in [9.17, 15) is 13.7 Å². The number of hydrogen-bond donors (Lipinski definition) is 1. The zero-order valence-electron chi connectivity index (χ0n) is 22.5. The number of nitrogens with one attached hydrogen (secondary N) is 1. The third kappa shape index (κ3) is 7.46. The summed E-state index contributed by atoms with van der Waals surface area (Å²) in [6, 6.07) is 10.3. The second-order valence-electron chi connectivity index (χ2n) is 11.2. The van der Waals surface area contributed by atoms with Crippen molar-refractivity contribution in [1.82, 2.24) is 9.97 Å². The Kier molecular flexibility index (Phi) is 9.67. The number of hydrogen-bond acceptors (Lipinski definition) is 7. The Hall–Kier alpha value is -2.21. The normalized spacial score (nSPS) is 21.7. The van der Waals surface area contributed by atoms with E-state index in [2.05, 4.69) is 16.4 Å². The molecule has 9 heteroatoms. The maximum Gasteiger partial charge on any atom is 0.152 e. The minimum atomic E-state index is -2.96. The van der Waals surface area contributed by atoms with Crippen LogP contribution in [0.4, 0.5) is 5.82 Å². The molecule has 7 nitrogen and oxygen atoms in total. The summed E-state index contributed by atoms with van der Waals surface area (Å²) in [5.74, 6) is 2.05. The summed E-state index contributed by atoms with van der Waals surface area (Å²) in [7, 11) is -2.96. The number of rotatable bonds is 10. The van der Waals surface area contributed by atoms with Crippen LogP contribution in [0.2, 0.25) is 5.02 Å². The first-order chi connectivity index (χ1) is 18.2. The summed E-state index contributed by atoms with van der Waals surface area (Å²) in [5.41, 5.74) is 2.20. The Labute approximate surface area is 232 Å². The summed E-state index contributed by atoms with van der Waals surface area (Å²) >= 11 is 6.55. The van der Waals surface area contributed by atoms with Crippen LogP contribution >= 0.6 is 11.6 Å². The quantitative estimate of drug-likeness (QED) is 0.376. The molecule has 0 aromatic carbocycles. The van der Waals surface area contributed by atoms with E-state index >= 15 is 0 Å². The molecule has 2 aliphatic rings. The highest BCUT2D eigenvalue weighted by atomic mass is 35.5. The number of aromatic nitrogens is 2. The Morgan fingerprint density at radius 1 is 1.18 bits per heavy atom. The highest BCUT2D eigenvalue weighted by Gasteiger charge is 2.32. The van der Waals surface area contributed by atoms with Crippen molar-refractivity contribution in [2.24, 2.45) is 17.3 Å². The maximum atomic E-state index is 12.2. The molecule has 0 unspecified atom stereocenters. The van der Waals surface area contributed by atoms with Gasteiger partial charge < -0.3 is 10.1 Å². The molecule has 206 valence electrons. The first kappa shape index (κ1) is 28.8. The van der Waals surface area contributed by atoms with Gasteiger partial charge in [0.1, 0.15) is 5.82 Å². The molecule has 0 spiro atoms. The lowest BCUT2D eigenvalue weighted by atomic mass is 9.79. The van der Waals surface area contributed by atoms with Crippen LogP contribution in [0, 0.1) is 28.6 Å². The van der Waals surface area contributed by atoms with Crippen LogP contribution < -0.4 is 5.32 Å². The van der Waals surface area contributed by atoms with Gasteiger partial charge in [-0.05, 0) is 82.4 Å². The van der Waals surface area contributed by atoms with Gasteiger partial charge in [0.15, 0.2) is 9.84 Å². The Morgan fingerprint density at radius 2 is 1.89 bits per heavy atom. The predicted molar refractivity (Wildman–Crippen MR) is 152 cm³/mol. The largest absolute Gasteiger partial charge is 0.381 e. The van der Waals surface area contributed by atoms with E-state index in [1.165, 1.54) is 0 Å². The molecule has 0 atom stereocenters. The monoisotopic (exact) mass is 558 g/mol. The minimum absolute atomic E-state index is 0.295. The van der Waals surface area contributed by atoms with E-state index in [0.29, 0.717) is 55.2 Å². The molecule has 38 heavy (non-hydrogen) atoms. The number of sulfone groups is 1. The number of nitrogens with zero attached hydrogens (tertiary/aromatic N) is 3. The van der Waals surface area contributed by atoms with Gasteiger partial charge in [-0.3, -0.25) is 4.98 Å². The summed E-state index contributed by atoms with van der Waals surface area (Å²) in [5, 5.41) is 13.4. The highest BCUT2D eigenvalue weighted by molar-refractivity contribution is 7.91. The molecular formula is C29H39ClN4O3S. The van der Waals surface area contributed by atoms with Gasteiger partial charge in [0, 0.05) is 37.2 Å². The van der Waals surface area contributed by atoms with Crippen LogP contribution in [0.1, 0.15) is 64.5 Å². The third-order valence-corrected chi connectivity index (χ3v) is 10.8. The van der Waals surface area contributed by atoms with Gasteiger partial charge in [0.25, 0.3) is 0 Å². The molecule has 2 fully saturated rings. The summed E-state index contributed by atoms with van der Waals surface area (Å²) < 4.78 is 29.8. The van der Waals surface area contributed by atoms with E-state index in [1.54, 1.807) is 20.0 Å². The highest BCUT2D eigenvalue weighted by Crippen LogP contribution is 2.35. The van der Waals surface area contributed by atoms with E-state index in [1.807, 2.05) is 24.3 Å². The molecule has 2 aromatic heterocycles. The van der Waals surface area contributed by atoms with Crippen LogP contribution in [-0.2, 0) is 21.0 Å². The SMILES string of the molecule is CC(C)S(=O)(=O)CCC1CCC(Cc2cc(-c3cccc(NCC4(C#N)CCOCC4)n3)c(Cl)cn2)CC1. The lowest BCUT2D eigenvalue weighted by Crippen LogP contribution is -2.34.